The number of hydrogen-bond donors (Lipinski definition) is 1. The van der Waals surface area contributed by atoms with Gasteiger partial charge in [0.05, 0.1) is 24.2 Å². The van der Waals surface area contributed by atoms with E-state index in [1.165, 1.54) is 17.5 Å². The number of cyclic esters (lactones) is 1. The summed E-state index contributed by atoms with van der Waals surface area (Å²) in [7, 11) is 1.62. The highest BCUT2D eigenvalue weighted by atomic mass is 35.5. The normalized spacial score (nSPS) is 13.2. The minimum Gasteiger partial charge on any atom is -0.495 e. The fourth-order valence-corrected chi connectivity index (χ4v) is 5.25. The summed E-state index contributed by atoms with van der Waals surface area (Å²) in [4.78, 5) is 14.7. The van der Waals surface area contributed by atoms with E-state index in [-0.39, 0.29) is 6.09 Å². The highest BCUT2D eigenvalue weighted by Crippen LogP contribution is 2.36. The number of ether oxygens (including phenoxy) is 2. The summed E-state index contributed by atoms with van der Waals surface area (Å²) in [5.74, 6) is 2.70. The van der Waals surface area contributed by atoms with Gasteiger partial charge >= 0.3 is 6.09 Å². The van der Waals surface area contributed by atoms with Gasteiger partial charge < -0.3 is 9.47 Å². The lowest BCUT2D eigenvalue weighted by Gasteiger charge is -2.18. The van der Waals surface area contributed by atoms with Crippen LogP contribution in [0.25, 0.3) is 16.4 Å². The van der Waals surface area contributed by atoms with Gasteiger partial charge in [-0.25, -0.2) is 4.79 Å². The van der Waals surface area contributed by atoms with Crippen molar-refractivity contribution < 1.29 is 14.3 Å². The maximum absolute atomic E-state index is 12.2. The number of hydrogen-bond acceptors (Lipinski definition) is 8. The van der Waals surface area contributed by atoms with Gasteiger partial charge in [0.15, 0.2) is 5.82 Å². The van der Waals surface area contributed by atoms with Gasteiger partial charge in [-0.1, -0.05) is 29.8 Å². The molecule has 1 N–H and O–H groups in total. The molecule has 35 heavy (non-hydrogen) atoms. The molecule has 1 saturated heterocycles. The second-order valence-electron chi connectivity index (χ2n) is 7.61. The zero-order chi connectivity index (χ0) is 24.2. The molecule has 2 aromatic heterocycles. The van der Waals surface area contributed by atoms with Crippen LogP contribution in [0.2, 0.25) is 5.02 Å². The van der Waals surface area contributed by atoms with Gasteiger partial charge in [-0.2, -0.15) is 0 Å². The van der Waals surface area contributed by atoms with E-state index in [9.17, 15) is 4.79 Å². The van der Waals surface area contributed by atoms with Crippen molar-refractivity contribution in [2.24, 2.45) is 0 Å². The van der Waals surface area contributed by atoms with Crippen molar-refractivity contribution in [3.8, 4) is 22.1 Å². The molecule has 1 fully saturated rings. The van der Waals surface area contributed by atoms with Gasteiger partial charge in [0.1, 0.15) is 12.4 Å². The van der Waals surface area contributed by atoms with Crippen molar-refractivity contribution in [1.29, 1.82) is 0 Å². The summed E-state index contributed by atoms with van der Waals surface area (Å²) in [6.45, 7) is 0.862. The Hall–Kier alpha value is -3.21. The molecule has 0 unspecified atom stereocenters. The van der Waals surface area contributed by atoms with E-state index in [2.05, 4.69) is 14.9 Å². The number of carbonyl (C=O) groups is 1. The minimum atomic E-state index is -0.362. The van der Waals surface area contributed by atoms with Gasteiger partial charge in [-0.3, -0.25) is 14.2 Å². The predicted molar refractivity (Wildman–Crippen MR) is 141 cm³/mol. The van der Waals surface area contributed by atoms with Crippen LogP contribution in [0.15, 0.2) is 60.0 Å². The molecule has 0 atom stereocenters. The van der Waals surface area contributed by atoms with Crippen LogP contribution < -0.4 is 14.4 Å². The zero-order valence-electron chi connectivity index (χ0n) is 18.8. The van der Waals surface area contributed by atoms with E-state index < -0.39 is 0 Å². The highest BCUT2D eigenvalue weighted by molar-refractivity contribution is 8.00. The number of amides is 1. The molecule has 11 heteroatoms. The Bertz CT molecular complexity index is 1310. The van der Waals surface area contributed by atoms with Crippen LogP contribution in [0.1, 0.15) is 5.56 Å². The van der Waals surface area contributed by atoms with Crippen LogP contribution in [-0.2, 0) is 11.2 Å². The molecule has 180 valence electrons. The van der Waals surface area contributed by atoms with E-state index in [0.29, 0.717) is 30.7 Å². The van der Waals surface area contributed by atoms with E-state index in [4.69, 9.17) is 21.1 Å². The Morgan fingerprint density at radius 3 is 2.77 bits per heavy atom. The lowest BCUT2D eigenvalue weighted by atomic mass is 10.2. The van der Waals surface area contributed by atoms with Gasteiger partial charge in [0, 0.05) is 16.5 Å². The number of carbonyl (C=O) groups excluding carboxylic acids is 1. The summed E-state index contributed by atoms with van der Waals surface area (Å²) >= 11 is 9.10. The number of halogens is 1. The number of methoxy groups -OCH3 is 1. The number of anilines is 2. The molecule has 0 radical (unpaired) electrons. The monoisotopic (exact) mass is 527 g/mol. The second kappa shape index (κ2) is 10.6. The first-order valence-corrected chi connectivity index (χ1v) is 13.1. The molecule has 5 rings (SSSR count). The smallest absolute Gasteiger partial charge is 0.414 e. The molecule has 0 saturated carbocycles. The summed E-state index contributed by atoms with van der Waals surface area (Å²) in [6, 6.07) is 17.4. The number of benzene rings is 2. The lowest BCUT2D eigenvalue weighted by Crippen LogP contribution is -2.23. The van der Waals surface area contributed by atoms with Crippen molar-refractivity contribution in [2.75, 3.05) is 35.6 Å². The number of nitrogens with one attached hydrogen (secondary N) is 1. The second-order valence-corrected chi connectivity index (χ2v) is 9.89. The molecule has 4 aromatic rings. The Morgan fingerprint density at radius 2 is 2.06 bits per heavy atom. The van der Waals surface area contributed by atoms with Crippen LogP contribution in [0.5, 0.6) is 5.75 Å². The number of nitrogens with zero attached hydrogens (tertiary/aromatic N) is 4. The number of aromatic nitrogens is 3. The molecule has 8 nitrogen and oxygen atoms in total. The van der Waals surface area contributed by atoms with Crippen molar-refractivity contribution >= 4 is 52.6 Å². The van der Waals surface area contributed by atoms with Crippen molar-refractivity contribution in [1.82, 2.24) is 14.8 Å². The summed E-state index contributed by atoms with van der Waals surface area (Å²) in [5.41, 5.74) is 2.64. The first-order chi connectivity index (χ1) is 17.1. The molecule has 3 heterocycles. The van der Waals surface area contributed by atoms with Crippen LogP contribution in [0.4, 0.5) is 16.4 Å². The SMILES string of the molecule is COc1ccc(N2CCOC2=O)cc1-n1c(NSCCc2ccc(Cl)cc2)nnc1-c1cccs1. The fraction of sp³-hybridized carbons (Fsp3) is 0.208. The Kier molecular flexibility index (Phi) is 7.12. The van der Waals surface area contributed by atoms with Crippen molar-refractivity contribution in [3.05, 3.63) is 70.6 Å². The zero-order valence-corrected chi connectivity index (χ0v) is 21.2. The first-order valence-electron chi connectivity index (χ1n) is 10.9. The van der Waals surface area contributed by atoms with Gasteiger partial charge in [-0.05, 0) is 65.7 Å². The number of rotatable bonds is 9. The Balaban J connectivity index is 1.45. The Labute approximate surface area is 216 Å². The fourth-order valence-electron chi connectivity index (χ4n) is 3.73. The van der Waals surface area contributed by atoms with Gasteiger partial charge in [0.2, 0.25) is 5.95 Å². The third kappa shape index (κ3) is 5.09. The average molecular weight is 528 g/mol. The van der Waals surface area contributed by atoms with E-state index in [1.54, 1.807) is 23.3 Å². The minimum absolute atomic E-state index is 0.362. The molecule has 1 amide bonds. The molecule has 0 bridgehead atoms. The standard InChI is InChI=1S/C24H22ClN5O3S2/c1-32-20-9-8-18(29-11-12-33-24(29)31)15-19(20)30-22(21-3-2-13-34-21)26-27-23(30)28-35-14-10-16-4-6-17(25)7-5-16/h2-9,13,15H,10-12,14H2,1H3,(H,27,28). The largest absolute Gasteiger partial charge is 0.495 e. The Morgan fingerprint density at radius 1 is 1.20 bits per heavy atom. The van der Waals surface area contributed by atoms with Crippen LogP contribution in [0.3, 0.4) is 0 Å². The van der Waals surface area contributed by atoms with Crippen LogP contribution >= 0.6 is 34.9 Å². The molecule has 1 aliphatic heterocycles. The summed E-state index contributed by atoms with van der Waals surface area (Å²) in [6.07, 6.45) is 0.510. The van der Waals surface area contributed by atoms with Gasteiger partial charge in [0.25, 0.3) is 0 Å². The number of aryl methyl sites for hydroxylation is 1. The molecular weight excluding hydrogens is 506 g/mol. The third-order valence-corrected chi connectivity index (χ3v) is 7.30. The van der Waals surface area contributed by atoms with E-state index in [1.807, 2.05) is 64.5 Å². The maximum Gasteiger partial charge on any atom is 0.414 e. The number of thiophene rings is 1. The quantitative estimate of drug-likeness (QED) is 0.214. The summed E-state index contributed by atoms with van der Waals surface area (Å²) < 4.78 is 16.1. The highest BCUT2D eigenvalue weighted by Gasteiger charge is 2.26. The van der Waals surface area contributed by atoms with Crippen molar-refractivity contribution in [3.63, 3.8) is 0 Å². The van der Waals surface area contributed by atoms with E-state index in [0.717, 1.165) is 33.4 Å². The average Bonchev–Trinajstić information content (AvgIpc) is 3.63. The third-order valence-electron chi connectivity index (χ3n) is 5.45. The van der Waals surface area contributed by atoms with Gasteiger partial charge in [-0.15, -0.1) is 21.5 Å². The lowest BCUT2D eigenvalue weighted by molar-refractivity contribution is 0.181. The van der Waals surface area contributed by atoms with Crippen molar-refractivity contribution in [2.45, 2.75) is 6.42 Å². The first kappa shape index (κ1) is 23.5. The molecule has 0 spiro atoms. The molecule has 2 aromatic carbocycles. The van der Waals surface area contributed by atoms with E-state index >= 15 is 0 Å². The predicted octanol–water partition coefficient (Wildman–Crippen LogP) is 5.92. The topological polar surface area (TPSA) is 81.5 Å². The van der Waals surface area contributed by atoms with Crippen LogP contribution in [-0.4, -0.2) is 46.9 Å². The van der Waals surface area contributed by atoms with Crippen LogP contribution in [0, 0.1) is 0 Å². The maximum atomic E-state index is 12.2. The molecule has 0 aliphatic carbocycles. The summed E-state index contributed by atoms with van der Waals surface area (Å²) in [5, 5.41) is 11.6. The molecular formula is C24H22ClN5O3S2. The molecule has 1 aliphatic rings.